The Labute approximate surface area is 154 Å². The molecule has 0 aliphatic heterocycles. The zero-order chi connectivity index (χ0) is 18.8. The van der Waals surface area contributed by atoms with Gasteiger partial charge in [-0.2, -0.15) is 0 Å². The summed E-state index contributed by atoms with van der Waals surface area (Å²) in [5, 5.41) is 2.84. The van der Waals surface area contributed by atoms with Crippen LogP contribution in [0.3, 0.4) is 0 Å². The van der Waals surface area contributed by atoms with Crippen molar-refractivity contribution in [2.45, 2.75) is 45.7 Å². The number of nitrogens with one attached hydrogen (secondary N) is 1. The summed E-state index contributed by atoms with van der Waals surface area (Å²) in [7, 11) is 0. The van der Waals surface area contributed by atoms with Gasteiger partial charge < -0.3 is 20.5 Å². The van der Waals surface area contributed by atoms with Crippen molar-refractivity contribution in [3.8, 4) is 17.4 Å². The van der Waals surface area contributed by atoms with Gasteiger partial charge in [-0.15, -0.1) is 0 Å². The third-order valence-corrected chi connectivity index (χ3v) is 3.76. The number of nitrogens with two attached hydrogens (primary N) is 1. The normalized spacial score (nSPS) is 11.7. The summed E-state index contributed by atoms with van der Waals surface area (Å²) in [6, 6.07) is 10.6. The second-order valence-corrected chi connectivity index (χ2v) is 5.98. The first kappa shape index (κ1) is 19.7. The second kappa shape index (κ2) is 10.4. The van der Waals surface area contributed by atoms with E-state index in [9.17, 15) is 4.79 Å². The van der Waals surface area contributed by atoms with Crippen LogP contribution >= 0.6 is 0 Å². The predicted molar refractivity (Wildman–Crippen MR) is 101 cm³/mol. The zero-order valence-corrected chi connectivity index (χ0v) is 15.4. The molecule has 1 amide bonds. The topological polar surface area (TPSA) is 86.5 Å². The maximum Gasteiger partial charge on any atom is 0.237 e. The highest BCUT2D eigenvalue weighted by Crippen LogP contribution is 2.31. The fraction of sp³-hybridized carbons (Fsp3) is 0.400. The molecule has 0 fully saturated rings. The number of pyridine rings is 1. The van der Waals surface area contributed by atoms with E-state index in [2.05, 4.69) is 10.3 Å². The molecule has 0 spiro atoms. The van der Waals surface area contributed by atoms with Crippen molar-refractivity contribution in [1.82, 2.24) is 10.3 Å². The summed E-state index contributed by atoms with van der Waals surface area (Å²) in [5.74, 6) is 1.52. The third-order valence-electron chi connectivity index (χ3n) is 3.76. The van der Waals surface area contributed by atoms with Crippen molar-refractivity contribution in [3.63, 3.8) is 0 Å². The summed E-state index contributed by atoms with van der Waals surface area (Å²) >= 11 is 0. The monoisotopic (exact) mass is 357 g/mol. The van der Waals surface area contributed by atoms with Gasteiger partial charge in [0.2, 0.25) is 11.8 Å². The van der Waals surface area contributed by atoms with Crippen LogP contribution < -0.4 is 20.5 Å². The van der Waals surface area contributed by atoms with Crippen LogP contribution in [0, 0.1) is 0 Å². The fourth-order valence-corrected chi connectivity index (χ4v) is 2.38. The number of nitrogens with zero attached hydrogens (tertiary/aromatic N) is 1. The standard InChI is InChI=1S/C20H27N3O3/c1-3-8-16(21)19(24)23-14-15-9-7-12-22-20(15)26-18-11-6-5-10-17(18)25-13-4-2/h5-7,9-12,16H,3-4,8,13-14,21H2,1-2H3,(H,23,24). The fourth-order valence-electron chi connectivity index (χ4n) is 2.38. The van der Waals surface area contributed by atoms with E-state index < -0.39 is 6.04 Å². The molecule has 2 aromatic rings. The number of amides is 1. The molecular weight excluding hydrogens is 330 g/mol. The number of rotatable bonds is 10. The Kier molecular flexibility index (Phi) is 7.89. The number of benzene rings is 1. The van der Waals surface area contributed by atoms with E-state index in [1.807, 2.05) is 44.2 Å². The molecule has 0 radical (unpaired) electrons. The molecule has 6 nitrogen and oxygen atoms in total. The van der Waals surface area contributed by atoms with Gasteiger partial charge in [-0.05, 0) is 31.0 Å². The molecule has 1 heterocycles. The van der Waals surface area contributed by atoms with Crippen LogP contribution in [-0.4, -0.2) is 23.5 Å². The number of carbonyl (C=O) groups excluding carboxylic acids is 1. The molecule has 26 heavy (non-hydrogen) atoms. The molecule has 1 aromatic carbocycles. The van der Waals surface area contributed by atoms with Gasteiger partial charge in [0.15, 0.2) is 11.5 Å². The van der Waals surface area contributed by atoms with E-state index in [4.69, 9.17) is 15.2 Å². The van der Waals surface area contributed by atoms with Gasteiger partial charge in [-0.3, -0.25) is 4.79 Å². The van der Waals surface area contributed by atoms with Crippen molar-refractivity contribution in [3.05, 3.63) is 48.2 Å². The van der Waals surface area contributed by atoms with Gasteiger partial charge >= 0.3 is 0 Å². The van der Waals surface area contributed by atoms with E-state index in [0.29, 0.717) is 37.0 Å². The summed E-state index contributed by atoms with van der Waals surface area (Å²) in [6.07, 6.45) is 4.08. The highest BCUT2D eigenvalue weighted by molar-refractivity contribution is 5.81. The van der Waals surface area contributed by atoms with Gasteiger partial charge in [-0.1, -0.05) is 38.5 Å². The van der Waals surface area contributed by atoms with Gasteiger partial charge in [0, 0.05) is 18.3 Å². The van der Waals surface area contributed by atoms with Crippen LogP contribution in [0.25, 0.3) is 0 Å². The average Bonchev–Trinajstić information content (AvgIpc) is 2.66. The Morgan fingerprint density at radius 2 is 1.92 bits per heavy atom. The van der Waals surface area contributed by atoms with Crippen LogP contribution in [0.15, 0.2) is 42.6 Å². The maximum atomic E-state index is 12.0. The molecule has 6 heteroatoms. The molecule has 1 atom stereocenters. The lowest BCUT2D eigenvalue weighted by atomic mass is 10.1. The Bertz CT molecular complexity index is 706. The number of carbonyl (C=O) groups is 1. The second-order valence-electron chi connectivity index (χ2n) is 5.98. The van der Waals surface area contributed by atoms with Gasteiger partial charge in [-0.25, -0.2) is 4.98 Å². The first-order chi connectivity index (χ1) is 12.7. The first-order valence-electron chi connectivity index (χ1n) is 9.02. The lowest BCUT2D eigenvalue weighted by Gasteiger charge is -2.15. The number of para-hydroxylation sites is 2. The number of ether oxygens (including phenoxy) is 2. The van der Waals surface area contributed by atoms with Crippen LogP contribution in [0.1, 0.15) is 38.7 Å². The summed E-state index contributed by atoms with van der Waals surface area (Å²) in [4.78, 5) is 16.3. The van der Waals surface area contributed by atoms with Crippen LogP contribution in [0.2, 0.25) is 0 Å². The summed E-state index contributed by atoms with van der Waals surface area (Å²) in [6.45, 7) is 4.96. The summed E-state index contributed by atoms with van der Waals surface area (Å²) in [5.41, 5.74) is 6.62. The van der Waals surface area contributed by atoms with E-state index >= 15 is 0 Å². The van der Waals surface area contributed by atoms with E-state index in [1.165, 1.54) is 0 Å². The molecule has 0 saturated heterocycles. The smallest absolute Gasteiger partial charge is 0.237 e. The van der Waals surface area contributed by atoms with Gasteiger partial charge in [0.1, 0.15) is 0 Å². The van der Waals surface area contributed by atoms with Crippen molar-refractivity contribution < 1.29 is 14.3 Å². The van der Waals surface area contributed by atoms with E-state index in [1.54, 1.807) is 12.3 Å². The molecule has 1 unspecified atom stereocenters. The van der Waals surface area contributed by atoms with Gasteiger partial charge in [0.05, 0.1) is 12.6 Å². The molecule has 0 saturated carbocycles. The quantitative estimate of drug-likeness (QED) is 0.680. The first-order valence-corrected chi connectivity index (χ1v) is 9.02. The van der Waals surface area contributed by atoms with E-state index in [-0.39, 0.29) is 5.91 Å². The largest absolute Gasteiger partial charge is 0.490 e. The lowest BCUT2D eigenvalue weighted by Crippen LogP contribution is -2.40. The minimum Gasteiger partial charge on any atom is -0.490 e. The van der Waals surface area contributed by atoms with Crippen LogP contribution in [0.4, 0.5) is 0 Å². The zero-order valence-electron chi connectivity index (χ0n) is 15.4. The molecule has 140 valence electrons. The Balaban J connectivity index is 2.09. The number of hydrogen-bond acceptors (Lipinski definition) is 5. The molecule has 2 rings (SSSR count). The Hall–Kier alpha value is -2.60. The van der Waals surface area contributed by atoms with Crippen molar-refractivity contribution in [2.24, 2.45) is 5.73 Å². The minimum atomic E-state index is -0.496. The SMILES string of the molecule is CCCOc1ccccc1Oc1ncccc1CNC(=O)C(N)CCC. The molecule has 0 aliphatic carbocycles. The molecule has 0 aliphatic rings. The highest BCUT2D eigenvalue weighted by atomic mass is 16.5. The third kappa shape index (κ3) is 5.74. The molecule has 3 N–H and O–H groups in total. The Morgan fingerprint density at radius 1 is 1.15 bits per heavy atom. The lowest BCUT2D eigenvalue weighted by molar-refractivity contribution is -0.122. The highest BCUT2D eigenvalue weighted by Gasteiger charge is 2.14. The van der Waals surface area contributed by atoms with E-state index in [0.717, 1.165) is 18.4 Å². The number of aromatic nitrogens is 1. The average molecular weight is 357 g/mol. The van der Waals surface area contributed by atoms with Crippen LogP contribution in [-0.2, 0) is 11.3 Å². The maximum absolute atomic E-state index is 12.0. The summed E-state index contributed by atoms with van der Waals surface area (Å²) < 4.78 is 11.7. The molecular formula is C20H27N3O3. The molecule has 1 aromatic heterocycles. The predicted octanol–water partition coefficient (Wildman–Crippen LogP) is 3.41. The van der Waals surface area contributed by atoms with Gasteiger partial charge in [0.25, 0.3) is 0 Å². The number of hydrogen-bond donors (Lipinski definition) is 2. The van der Waals surface area contributed by atoms with Crippen molar-refractivity contribution in [2.75, 3.05) is 6.61 Å². The molecule has 0 bridgehead atoms. The Morgan fingerprint density at radius 3 is 2.65 bits per heavy atom. The van der Waals surface area contributed by atoms with Crippen LogP contribution in [0.5, 0.6) is 17.4 Å². The minimum absolute atomic E-state index is 0.173. The van der Waals surface area contributed by atoms with Crippen molar-refractivity contribution >= 4 is 5.91 Å². The van der Waals surface area contributed by atoms with Crippen molar-refractivity contribution in [1.29, 1.82) is 0 Å².